The minimum atomic E-state index is -0.314. The third-order valence-corrected chi connectivity index (χ3v) is 5.05. The Hall–Kier alpha value is -3.55. The van der Waals surface area contributed by atoms with E-state index in [1.54, 1.807) is 0 Å². The van der Waals surface area contributed by atoms with Gasteiger partial charge in [-0.1, -0.05) is 42.5 Å². The topological polar surface area (TPSA) is 92.4 Å². The van der Waals surface area contributed by atoms with Gasteiger partial charge in [0.1, 0.15) is 17.9 Å². The lowest BCUT2D eigenvalue weighted by atomic mass is 10.1. The number of benzene rings is 2. The molecule has 5 rings (SSSR count). The van der Waals surface area contributed by atoms with Gasteiger partial charge in [0.25, 0.3) is 0 Å². The van der Waals surface area contributed by atoms with Crippen molar-refractivity contribution in [3.05, 3.63) is 78.0 Å². The van der Waals surface area contributed by atoms with Crippen molar-refractivity contribution < 1.29 is 14.2 Å². The first-order chi connectivity index (χ1) is 15.2. The number of anilines is 1. The zero-order valence-electron chi connectivity index (χ0n) is 16.9. The quantitative estimate of drug-likeness (QED) is 0.515. The van der Waals surface area contributed by atoms with Crippen molar-refractivity contribution in [3.8, 4) is 17.0 Å². The molecule has 0 spiro atoms. The molecule has 4 aromatic rings. The number of pyridine rings is 1. The number of ether oxygens (including phenoxy) is 3. The van der Waals surface area contributed by atoms with E-state index < -0.39 is 0 Å². The van der Waals surface area contributed by atoms with E-state index >= 15 is 0 Å². The van der Waals surface area contributed by atoms with E-state index in [1.807, 2.05) is 54.6 Å². The zero-order valence-corrected chi connectivity index (χ0v) is 16.9. The van der Waals surface area contributed by atoms with Gasteiger partial charge in [0.05, 0.1) is 30.1 Å². The fraction of sp³-hybridized carbons (Fsp3) is 0.208. The average molecular weight is 414 g/mol. The van der Waals surface area contributed by atoms with Gasteiger partial charge < -0.3 is 19.9 Å². The minimum Gasteiger partial charge on any atom is -0.488 e. The Morgan fingerprint density at radius 1 is 0.903 bits per heavy atom. The summed E-state index contributed by atoms with van der Waals surface area (Å²) in [5.74, 6) is 0.983. The number of nitrogen functional groups attached to an aromatic ring is 1. The first-order valence-electron chi connectivity index (χ1n) is 10.2. The average Bonchev–Trinajstić information content (AvgIpc) is 3.32. The van der Waals surface area contributed by atoms with Crippen molar-refractivity contribution in [3.63, 3.8) is 0 Å². The molecule has 0 bridgehead atoms. The normalized spacial score (nSPS) is 14.2. The summed E-state index contributed by atoms with van der Waals surface area (Å²) in [6.07, 6.45) is 0.316. The lowest BCUT2D eigenvalue weighted by Gasteiger charge is -2.12. The largest absolute Gasteiger partial charge is 0.488 e. The molecular weight excluding hydrogens is 392 g/mol. The molecule has 1 fully saturated rings. The fourth-order valence-corrected chi connectivity index (χ4v) is 3.58. The molecule has 0 radical (unpaired) electrons. The molecule has 31 heavy (non-hydrogen) atoms. The molecule has 1 aliphatic rings. The molecular formula is C24H22N4O3. The van der Waals surface area contributed by atoms with Crippen LogP contribution in [0.5, 0.6) is 5.75 Å². The van der Waals surface area contributed by atoms with E-state index in [9.17, 15) is 0 Å². The molecule has 1 saturated heterocycles. The van der Waals surface area contributed by atoms with Crippen LogP contribution in [-0.2, 0) is 15.9 Å². The van der Waals surface area contributed by atoms with Crippen LogP contribution in [-0.4, -0.2) is 41.1 Å². The number of fused-ring (bicyclic) bond motifs is 1. The first kappa shape index (κ1) is 19.4. The van der Waals surface area contributed by atoms with Gasteiger partial charge in [0, 0.05) is 12.0 Å². The van der Waals surface area contributed by atoms with Crippen LogP contribution < -0.4 is 10.5 Å². The lowest BCUT2D eigenvalue weighted by Crippen LogP contribution is -2.18. The highest BCUT2D eigenvalue weighted by Gasteiger charge is 2.17. The summed E-state index contributed by atoms with van der Waals surface area (Å²) >= 11 is 0. The van der Waals surface area contributed by atoms with Gasteiger partial charge in [0.15, 0.2) is 6.29 Å². The molecule has 3 heterocycles. The monoisotopic (exact) mass is 414 g/mol. The number of nitrogens with zero attached hydrogens (tertiary/aromatic N) is 3. The lowest BCUT2D eigenvalue weighted by molar-refractivity contribution is -0.0684. The molecule has 0 atom stereocenters. The van der Waals surface area contributed by atoms with Crippen LogP contribution in [0, 0.1) is 0 Å². The van der Waals surface area contributed by atoms with E-state index in [0.717, 1.165) is 39.3 Å². The molecule has 0 amide bonds. The van der Waals surface area contributed by atoms with E-state index in [1.165, 1.54) is 0 Å². The number of nitrogens with two attached hydrogens (primary N) is 1. The maximum absolute atomic E-state index is 5.95. The Labute approximate surface area is 179 Å². The summed E-state index contributed by atoms with van der Waals surface area (Å²) in [6, 6.07) is 21.8. The van der Waals surface area contributed by atoms with Gasteiger partial charge in [0.2, 0.25) is 5.95 Å². The second kappa shape index (κ2) is 8.67. The second-order valence-corrected chi connectivity index (χ2v) is 7.27. The van der Waals surface area contributed by atoms with Crippen molar-refractivity contribution in [2.24, 2.45) is 0 Å². The summed E-state index contributed by atoms with van der Waals surface area (Å²) in [5.41, 5.74) is 11.1. The standard InChI is InChI=1S/C24H22N4O3/c25-24-27-20-10-9-19(26-23(20)21(28-24)13-16-5-2-1-3-6-16)17-7-4-8-18(14-17)31-15-22-29-11-12-30-22/h1-10,14,22H,11-13,15H2,(H2,25,27,28). The summed E-state index contributed by atoms with van der Waals surface area (Å²) < 4.78 is 16.7. The van der Waals surface area contributed by atoms with Crippen molar-refractivity contribution in [2.45, 2.75) is 12.7 Å². The van der Waals surface area contributed by atoms with Gasteiger partial charge in [-0.25, -0.2) is 15.0 Å². The van der Waals surface area contributed by atoms with Crippen molar-refractivity contribution >= 4 is 17.0 Å². The summed E-state index contributed by atoms with van der Waals surface area (Å²) in [4.78, 5) is 13.7. The molecule has 0 saturated carbocycles. The maximum atomic E-state index is 5.95. The van der Waals surface area contributed by atoms with Crippen LogP contribution in [0.1, 0.15) is 11.3 Å². The molecule has 2 N–H and O–H groups in total. The van der Waals surface area contributed by atoms with Gasteiger partial charge in [-0.3, -0.25) is 0 Å². The molecule has 0 aliphatic carbocycles. The van der Waals surface area contributed by atoms with Crippen LogP contribution in [0.3, 0.4) is 0 Å². The molecule has 1 aliphatic heterocycles. The molecule has 2 aromatic carbocycles. The smallest absolute Gasteiger partial charge is 0.220 e. The number of hydrogen-bond donors (Lipinski definition) is 1. The third-order valence-electron chi connectivity index (χ3n) is 5.05. The van der Waals surface area contributed by atoms with Gasteiger partial charge >= 0.3 is 0 Å². The number of rotatable bonds is 6. The van der Waals surface area contributed by atoms with Gasteiger partial charge in [-0.2, -0.15) is 0 Å². The minimum absolute atomic E-state index is 0.250. The zero-order chi connectivity index (χ0) is 21.0. The van der Waals surface area contributed by atoms with Gasteiger partial charge in [-0.15, -0.1) is 0 Å². The van der Waals surface area contributed by atoms with E-state index in [4.69, 9.17) is 24.9 Å². The molecule has 7 heteroatoms. The van der Waals surface area contributed by atoms with Crippen LogP contribution in [0.2, 0.25) is 0 Å². The number of hydrogen-bond acceptors (Lipinski definition) is 7. The Balaban J connectivity index is 1.45. The molecule has 7 nitrogen and oxygen atoms in total. The summed E-state index contributed by atoms with van der Waals surface area (Å²) in [6.45, 7) is 1.56. The Bertz CT molecular complexity index is 1190. The van der Waals surface area contributed by atoms with Crippen molar-refractivity contribution in [2.75, 3.05) is 25.6 Å². The molecule has 156 valence electrons. The predicted octanol–water partition coefficient (Wildman–Crippen LogP) is 3.62. The van der Waals surface area contributed by atoms with Gasteiger partial charge in [-0.05, 0) is 29.8 Å². The van der Waals surface area contributed by atoms with E-state index in [2.05, 4.69) is 22.1 Å². The summed E-state index contributed by atoms with van der Waals surface area (Å²) in [5, 5.41) is 0. The Kier molecular flexibility index (Phi) is 5.43. The van der Waals surface area contributed by atoms with Crippen molar-refractivity contribution in [1.82, 2.24) is 15.0 Å². The van der Waals surface area contributed by atoms with E-state index in [-0.39, 0.29) is 12.2 Å². The fourth-order valence-electron chi connectivity index (χ4n) is 3.58. The highest BCUT2D eigenvalue weighted by Crippen LogP contribution is 2.26. The molecule has 0 unspecified atom stereocenters. The van der Waals surface area contributed by atoms with Crippen LogP contribution in [0.15, 0.2) is 66.7 Å². The Morgan fingerprint density at radius 3 is 2.58 bits per heavy atom. The summed E-state index contributed by atoms with van der Waals surface area (Å²) in [7, 11) is 0. The maximum Gasteiger partial charge on any atom is 0.220 e. The SMILES string of the molecule is Nc1nc(Cc2ccccc2)c2nc(-c3cccc(OCC4OCCO4)c3)ccc2n1. The predicted molar refractivity (Wildman–Crippen MR) is 118 cm³/mol. The Morgan fingerprint density at radius 2 is 1.74 bits per heavy atom. The first-order valence-corrected chi connectivity index (χ1v) is 10.2. The van der Waals surface area contributed by atoms with Crippen LogP contribution in [0.25, 0.3) is 22.3 Å². The van der Waals surface area contributed by atoms with Crippen LogP contribution >= 0.6 is 0 Å². The van der Waals surface area contributed by atoms with Crippen LogP contribution in [0.4, 0.5) is 5.95 Å². The second-order valence-electron chi connectivity index (χ2n) is 7.27. The highest BCUT2D eigenvalue weighted by atomic mass is 16.7. The van der Waals surface area contributed by atoms with E-state index in [0.29, 0.717) is 26.2 Å². The number of aromatic nitrogens is 3. The highest BCUT2D eigenvalue weighted by molar-refractivity contribution is 5.81. The molecule has 2 aromatic heterocycles. The third kappa shape index (κ3) is 4.47. The van der Waals surface area contributed by atoms with Crippen molar-refractivity contribution in [1.29, 1.82) is 0 Å².